The number of rotatable bonds is 2. The Balaban J connectivity index is 1.94. The molecule has 0 spiro atoms. The average molecular weight is 278 g/mol. The fourth-order valence-corrected chi connectivity index (χ4v) is 3.04. The summed E-state index contributed by atoms with van der Waals surface area (Å²) in [7, 11) is -3.11. The van der Waals surface area contributed by atoms with Crippen molar-refractivity contribution >= 4 is 26.8 Å². The van der Waals surface area contributed by atoms with Crippen molar-refractivity contribution in [1.82, 2.24) is 18.8 Å². The van der Waals surface area contributed by atoms with E-state index in [1.165, 1.54) is 16.9 Å². The second-order valence-corrected chi connectivity index (χ2v) is 6.54. The van der Waals surface area contributed by atoms with Gasteiger partial charge in [0.15, 0.2) is 0 Å². The third-order valence-corrected chi connectivity index (χ3v) is 4.55. The molecule has 0 fully saturated rings. The zero-order valence-electron chi connectivity index (χ0n) is 10.5. The van der Waals surface area contributed by atoms with Crippen LogP contribution in [0.3, 0.4) is 0 Å². The number of aromatic nitrogens is 3. The molecule has 2 aromatic rings. The van der Waals surface area contributed by atoms with E-state index >= 15 is 0 Å². The smallest absolute Gasteiger partial charge is 0.211 e. The molecule has 3 heterocycles. The van der Waals surface area contributed by atoms with Crippen molar-refractivity contribution in [2.75, 3.05) is 19.3 Å². The topological polar surface area (TPSA) is 68.1 Å². The molecular weight excluding hydrogens is 264 g/mol. The van der Waals surface area contributed by atoms with Crippen molar-refractivity contribution in [3.8, 4) is 0 Å². The van der Waals surface area contributed by atoms with Gasteiger partial charge >= 0.3 is 0 Å². The van der Waals surface area contributed by atoms with Crippen molar-refractivity contribution in [1.29, 1.82) is 0 Å². The molecule has 0 amide bonds. The molecule has 0 N–H and O–H groups in total. The molecule has 0 saturated carbocycles. The molecule has 7 heteroatoms. The van der Waals surface area contributed by atoms with Gasteiger partial charge in [-0.05, 0) is 12.1 Å². The monoisotopic (exact) mass is 278 g/mol. The summed E-state index contributed by atoms with van der Waals surface area (Å²) in [5.74, 6) is 0. The molecule has 0 unspecified atom stereocenters. The number of hydrogen-bond acceptors (Lipinski definition) is 4. The Hall–Kier alpha value is -1.73. The van der Waals surface area contributed by atoms with Crippen LogP contribution in [0.2, 0.25) is 0 Å². The minimum Gasteiger partial charge on any atom is -0.305 e. The Labute approximate surface area is 111 Å². The molecule has 1 aliphatic heterocycles. The third-order valence-electron chi connectivity index (χ3n) is 3.28. The highest BCUT2D eigenvalue weighted by Gasteiger charge is 2.20. The molecule has 19 heavy (non-hydrogen) atoms. The van der Waals surface area contributed by atoms with E-state index in [1.807, 2.05) is 22.9 Å². The van der Waals surface area contributed by atoms with Gasteiger partial charge in [-0.25, -0.2) is 18.4 Å². The maximum absolute atomic E-state index is 11.5. The summed E-state index contributed by atoms with van der Waals surface area (Å²) in [6, 6.07) is 1.96. The van der Waals surface area contributed by atoms with Crippen LogP contribution < -0.4 is 0 Å². The largest absolute Gasteiger partial charge is 0.305 e. The van der Waals surface area contributed by atoms with Crippen molar-refractivity contribution in [2.24, 2.45) is 0 Å². The van der Waals surface area contributed by atoms with Crippen molar-refractivity contribution in [3.63, 3.8) is 0 Å². The quantitative estimate of drug-likeness (QED) is 0.820. The third kappa shape index (κ3) is 2.26. The van der Waals surface area contributed by atoms with Crippen LogP contribution in [0.5, 0.6) is 0 Å². The normalized spacial score (nSPS) is 17.6. The number of hydrogen-bond donors (Lipinski definition) is 0. The van der Waals surface area contributed by atoms with Gasteiger partial charge in [0.25, 0.3) is 0 Å². The van der Waals surface area contributed by atoms with Gasteiger partial charge in [0.1, 0.15) is 12.0 Å². The second-order valence-electron chi connectivity index (χ2n) is 4.55. The molecule has 0 aromatic carbocycles. The fraction of sp³-hybridized carbons (Fsp3) is 0.333. The van der Waals surface area contributed by atoms with E-state index in [4.69, 9.17) is 0 Å². The van der Waals surface area contributed by atoms with Gasteiger partial charge in [-0.2, -0.15) is 4.31 Å². The maximum Gasteiger partial charge on any atom is 0.211 e. The highest BCUT2D eigenvalue weighted by molar-refractivity contribution is 7.88. The Bertz CT molecular complexity index is 748. The van der Waals surface area contributed by atoms with Gasteiger partial charge in [-0.15, -0.1) is 0 Å². The van der Waals surface area contributed by atoms with Crippen LogP contribution in [0.25, 0.3) is 16.7 Å². The molecule has 0 atom stereocenters. The number of sulfonamides is 1. The van der Waals surface area contributed by atoms with Crippen LogP contribution in [-0.2, 0) is 10.0 Å². The van der Waals surface area contributed by atoms with E-state index in [-0.39, 0.29) is 0 Å². The Kier molecular flexibility index (Phi) is 2.87. The summed E-state index contributed by atoms with van der Waals surface area (Å²) >= 11 is 0. The van der Waals surface area contributed by atoms with E-state index in [0.717, 1.165) is 16.7 Å². The van der Waals surface area contributed by atoms with Crippen LogP contribution >= 0.6 is 0 Å². The minimum absolute atomic E-state index is 0.416. The van der Waals surface area contributed by atoms with Gasteiger partial charge in [-0.3, -0.25) is 0 Å². The predicted molar refractivity (Wildman–Crippen MR) is 72.8 cm³/mol. The Morgan fingerprint density at radius 2 is 2.21 bits per heavy atom. The first-order valence-corrected chi connectivity index (χ1v) is 7.82. The molecule has 0 aliphatic carbocycles. The van der Waals surface area contributed by atoms with E-state index in [2.05, 4.69) is 9.97 Å². The molecule has 1 aliphatic rings. The number of nitrogens with zero attached hydrogens (tertiary/aromatic N) is 4. The highest BCUT2D eigenvalue weighted by Crippen LogP contribution is 2.22. The number of fused-ring (bicyclic) bond motifs is 1. The van der Waals surface area contributed by atoms with Gasteiger partial charge in [0.2, 0.25) is 10.0 Å². The van der Waals surface area contributed by atoms with E-state index in [0.29, 0.717) is 19.5 Å². The lowest BCUT2D eigenvalue weighted by Crippen LogP contribution is -2.34. The Morgan fingerprint density at radius 3 is 2.89 bits per heavy atom. The fourth-order valence-electron chi connectivity index (χ4n) is 2.27. The first-order valence-electron chi connectivity index (χ1n) is 5.97. The van der Waals surface area contributed by atoms with E-state index in [1.54, 1.807) is 6.20 Å². The lowest BCUT2D eigenvalue weighted by atomic mass is 10.2. The predicted octanol–water partition coefficient (Wildman–Crippen LogP) is 0.938. The summed E-state index contributed by atoms with van der Waals surface area (Å²) < 4.78 is 26.4. The van der Waals surface area contributed by atoms with Crippen molar-refractivity contribution < 1.29 is 8.42 Å². The molecule has 0 bridgehead atoms. The van der Waals surface area contributed by atoms with Gasteiger partial charge in [0.05, 0.1) is 6.26 Å². The van der Waals surface area contributed by atoms with Crippen molar-refractivity contribution in [3.05, 3.63) is 30.9 Å². The van der Waals surface area contributed by atoms with Crippen molar-refractivity contribution in [2.45, 2.75) is 6.42 Å². The van der Waals surface area contributed by atoms with Gasteiger partial charge < -0.3 is 4.57 Å². The average Bonchev–Trinajstić information content (AvgIpc) is 2.82. The molecule has 3 rings (SSSR count). The summed E-state index contributed by atoms with van der Waals surface area (Å²) in [5, 5.41) is 0.981. The minimum atomic E-state index is -3.11. The first-order chi connectivity index (χ1) is 9.05. The molecule has 2 aromatic heterocycles. The first kappa shape index (κ1) is 12.3. The van der Waals surface area contributed by atoms with Crippen LogP contribution in [-0.4, -0.2) is 46.6 Å². The summed E-state index contributed by atoms with van der Waals surface area (Å²) in [5.41, 5.74) is 1.93. The lowest BCUT2D eigenvalue weighted by molar-refractivity contribution is 0.442. The molecular formula is C12H14N4O2S. The molecule has 100 valence electrons. The summed E-state index contributed by atoms with van der Waals surface area (Å²) in [6.45, 7) is 0.925. The SMILES string of the molecule is CS(=O)(=O)N1CC=C(n2ccc3cncnc32)CC1. The molecule has 6 nitrogen and oxygen atoms in total. The van der Waals surface area contributed by atoms with Crippen LogP contribution in [0.15, 0.2) is 30.9 Å². The zero-order chi connectivity index (χ0) is 13.5. The van der Waals surface area contributed by atoms with Gasteiger partial charge in [0, 0.05) is 43.0 Å². The second kappa shape index (κ2) is 4.43. The maximum atomic E-state index is 11.5. The lowest BCUT2D eigenvalue weighted by Gasteiger charge is -2.24. The van der Waals surface area contributed by atoms with E-state index < -0.39 is 10.0 Å². The van der Waals surface area contributed by atoms with E-state index in [9.17, 15) is 8.42 Å². The Morgan fingerprint density at radius 1 is 1.37 bits per heavy atom. The standard InChI is InChI=1S/C12H14N4O2S/c1-19(17,18)15-5-3-11(4-6-15)16-7-2-10-8-13-9-14-12(10)16/h2-3,7-9H,4-6H2,1H3. The molecule has 0 saturated heterocycles. The highest BCUT2D eigenvalue weighted by atomic mass is 32.2. The zero-order valence-corrected chi connectivity index (χ0v) is 11.3. The summed E-state index contributed by atoms with van der Waals surface area (Å²) in [4.78, 5) is 8.25. The van der Waals surface area contributed by atoms with Gasteiger partial charge in [-0.1, -0.05) is 0 Å². The van der Waals surface area contributed by atoms with Crippen LogP contribution in [0.4, 0.5) is 0 Å². The van der Waals surface area contributed by atoms with Crippen LogP contribution in [0.1, 0.15) is 6.42 Å². The van der Waals surface area contributed by atoms with Crippen LogP contribution in [0, 0.1) is 0 Å². The molecule has 0 radical (unpaired) electrons. The summed E-state index contributed by atoms with van der Waals surface area (Å²) in [6.07, 6.45) is 9.09.